The van der Waals surface area contributed by atoms with Gasteiger partial charge in [0.2, 0.25) is 6.17 Å². The summed E-state index contributed by atoms with van der Waals surface area (Å²) in [5, 5.41) is 19.1. The zero-order valence-electron chi connectivity index (χ0n) is 10.1. The standard InChI is InChI=1S/C12H15FO5/c1-3-18-12(16)10(13)11(15)7-4-5-9(17-2)8(14)6-7/h4-6,10-11,14-15H,3H2,1-2H3. The first kappa shape index (κ1) is 14.2. The summed E-state index contributed by atoms with van der Waals surface area (Å²) in [6, 6.07) is 3.86. The smallest absolute Gasteiger partial charge is 0.343 e. The Morgan fingerprint density at radius 3 is 2.67 bits per heavy atom. The normalized spacial score (nSPS) is 13.8. The number of hydrogen-bond donors (Lipinski definition) is 2. The fourth-order valence-electron chi connectivity index (χ4n) is 1.41. The Kier molecular flexibility index (Phi) is 4.91. The molecule has 0 aliphatic heterocycles. The van der Waals surface area contributed by atoms with E-state index in [1.807, 2.05) is 0 Å². The van der Waals surface area contributed by atoms with Gasteiger partial charge in [-0.15, -0.1) is 0 Å². The van der Waals surface area contributed by atoms with Gasteiger partial charge in [0.1, 0.15) is 6.10 Å². The molecule has 5 nitrogen and oxygen atoms in total. The maximum atomic E-state index is 13.5. The van der Waals surface area contributed by atoms with Crippen molar-refractivity contribution in [2.24, 2.45) is 0 Å². The number of carbonyl (C=O) groups is 1. The minimum atomic E-state index is -2.20. The molecule has 1 rings (SSSR count). The molecule has 0 saturated carbocycles. The summed E-state index contributed by atoms with van der Waals surface area (Å²) in [7, 11) is 1.36. The van der Waals surface area contributed by atoms with Crippen LogP contribution < -0.4 is 4.74 Å². The van der Waals surface area contributed by atoms with Crippen molar-refractivity contribution in [3.63, 3.8) is 0 Å². The highest BCUT2D eigenvalue weighted by Gasteiger charge is 2.29. The van der Waals surface area contributed by atoms with E-state index >= 15 is 0 Å². The first-order valence-corrected chi connectivity index (χ1v) is 5.37. The predicted octanol–water partition coefficient (Wildman–Crippen LogP) is 1.34. The highest BCUT2D eigenvalue weighted by molar-refractivity contribution is 5.75. The summed E-state index contributed by atoms with van der Waals surface area (Å²) < 4.78 is 22.8. The Labute approximate surface area is 104 Å². The Morgan fingerprint density at radius 1 is 1.50 bits per heavy atom. The van der Waals surface area contributed by atoms with E-state index in [1.165, 1.54) is 26.2 Å². The Balaban J connectivity index is 2.86. The predicted molar refractivity (Wildman–Crippen MR) is 61.1 cm³/mol. The highest BCUT2D eigenvalue weighted by atomic mass is 19.1. The van der Waals surface area contributed by atoms with Crippen LogP contribution in [0.25, 0.3) is 0 Å². The average molecular weight is 258 g/mol. The van der Waals surface area contributed by atoms with Gasteiger partial charge in [-0.1, -0.05) is 6.07 Å². The second-order valence-electron chi connectivity index (χ2n) is 3.53. The van der Waals surface area contributed by atoms with E-state index in [1.54, 1.807) is 0 Å². The molecule has 0 aromatic heterocycles. The zero-order chi connectivity index (χ0) is 13.7. The summed E-state index contributed by atoms with van der Waals surface area (Å²) in [6.45, 7) is 1.57. The van der Waals surface area contributed by atoms with E-state index < -0.39 is 18.2 Å². The van der Waals surface area contributed by atoms with E-state index in [9.17, 15) is 19.4 Å². The maximum absolute atomic E-state index is 13.5. The minimum Gasteiger partial charge on any atom is -0.504 e. The quantitative estimate of drug-likeness (QED) is 0.779. The summed E-state index contributed by atoms with van der Waals surface area (Å²) in [4.78, 5) is 11.1. The number of hydrogen-bond acceptors (Lipinski definition) is 5. The molecular formula is C12H15FO5. The van der Waals surface area contributed by atoms with Gasteiger partial charge in [-0.05, 0) is 24.6 Å². The molecule has 100 valence electrons. The number of halogens is 1. The first-order chi connectivity index (χ1) is 8.51. The summed E-state index contributed by atoms with van der Waals surface area (Å²) >= 11 is 0. The average Bonchev–Trinajstić information content (AvgIpc) is 2.37. The second kappa shape index (κ2) is 6.20. The maximum Gasteiger partial charge on any atom is 0.343 e. The minimum absolute atomic E-state index is 0.0276. The highest BCUT2D eigenvalue weighted by Crippen LogP contribution is 2.30. The van der Waals surface area contributed by atoms with Crippen LogP contribution in [0.15, 0.2) is 18.2 Å². The number of rotatable bonds is 5. The van der Waals surface area contributed by atoms with Crippen molar-refractivity contribution in [1.29, 1.82) is 0 Å². The molecular weight excluding hydrogens is 243 g/mol. The number of alkyl halides is 1. The van der Waals surface area contributed by atoms with Gasteiger partial charge >= 0.3 is 5.97 Å². The van der Waals surface area contributed by atoms with Gasteiger partial charge in [0.15, 0.2) is 11.5 Å². The Bertz CT molecular complexity index is 421. The number of phenolic OH excluding ortho intramolecular Hbond substituents is 1. The molecule has 0 heterocycles. The van der Waals surface area contributed by atoms with Crippen LogP contribution in [0.1, 0.15) is 18.6 Å². The fraction of sp³-hybridized carbons (Fsp3) is 0.417. The van der Waals surface area contributed by atoms with E-state index in [0.29, 0.717) is 0 Å². The lowest BCUT2D eigenvalue weighted by Gasteiger charge is -2.15. The summed E-state index contributed by atoms with van der Waals surface area (Å²) in [5.74, 6) is -1.19. The van der Waals surface area contributed by atoms with Gasteiger partial charge in [0, 0.05) is 0 Å². The third-order valence-electron chi connectivity index (χ3n) is 2.33. The molecule has 0 amide bonds. The SMILES string of the molecule is CCOC(=O)C(F)C(O)c1ccc(OC)c(O)c1. The largest absolute Gasteiger partial charge is 0.504 e. The number of aliphatic hydroxyl groups excluding tert-OH is 1. The molecule has 0 aliphatic carbocycles. The molecule has 0 spiro atoms. The number of phenols is 1. The molecule has 0 radical (unpaired) electrons. The molecule has 6 heteroatoms. The van der Waals surface area contributed by atoms with Crippen molar-refractivity contribution in [2.45, 2.75) is 19.2 Å². The molecule has 0 aliphatic rings. The van der Waals surface area contributed by atoms with Crippen LogP contribution >= 0.6 is 0 Å². The van der Waals surface area contributed by atoms with E-state index in [0.717, 1.165) is 6.07 Å². The van der Waals surface area contributed by atoms with E-state index in [-0.39, 0.29) is 23.7 Å². The summed E-state index contributed by atoms with van der Waals surface area (Å²) in [5.41, 5.74) is 0.0638. The number of ether oxygens (including phenoxy) is 2. The lowest BCUT2D eigenvalue weighted by Crippen LogP contribution is -2.26. The van der Waals surface area contributed by atoms with Crippen molar-refractivity contribution in [3.8, 4) is 11.5 Å². The van der Waals surface area contributed by atoms with Gasteiger partial charge in [0.05, 0.1) is 13.7 Å². The number of esters is 1. The van der Waals surface area contributed by atoms with E-state index in [4.69, 9.17) is 4.74 Å². The lowest BCUT2D eigenvalue weighted by atomic mass is 10.0. The van der Waals surface area contributed by atoms with Crippen molar-refractivity contribution < 1.29 is 28.9 Å². The van der Waals surface area contributed by atoms with Crippen LogP contribution in [0.2, 0.25) is 0 Å². The van der Waals surface area contributed by atoms with Crippen LogP contribution in [0.4, 0.5) is 4.39 Å². The Hall–Kier alpha value is -1.82. The van der Waals surface area contributed by atoms with E-state index in [2.05, 4.69) is 4.74 Å². The van der Waals surface area contributed by atoms with Crippen molar-refractivity contribution in [2.75, 3.05) is 13.7 Å². The summed E-state index contributed by atoms with van der Waals surface area (Å²) in [6.07, 6.45) is -3.89. The van der Waals surface area contributed by atoms with Gasteiger partial charge in [-0.25, -0.2) is 9.18 Å². The van der Waals surface area contributed by atoms with Crippen molar-refractivity contribution >= 4 is 5.97 Å². The molecule has 2 N–H and O–H groups in total. The number of methoxy groups -OCH3 is 1. The molecule has 0 saturated heterocycles. The van der Waals surface area contributed by atoms with Crippen LogP contribution in [-0.2, 0) is 9.53 Å². The molecule has 1 aromatic rings. The molecule has 2 unspecified atom stereocenters. The topological polar surface area (TPSA) is 76.0 Å². The van der Waals surface area contributed by atoms with Crippen LogP contribution in [0, 0.1) is 0 Å². The zero-order valence-corrected chi connectivity index (χ0v) is 10.1. The molecule has 1 aromatic carbocycles. The second-order valence-corrected chi connectivity index (χ2v) is 3.53. The Morgan fingerprint density at radius 2 is 2.17 bits per heavy atom. The number of aromatic hydroxyl groups is 1. The van der Waals surface area contributed by atoms with Crippen LogP contribution in [-0.4, -0.2) is 36.1 Å². The lowest BCUT2D eigenvalue weighted by molar-refractivity contribution is -0.153. The number of benzene rings is 1. The molecule has 2 atom stereocenters. The van der Waals surface area contributed by atoms with Crippen LogP contribution in [0.3, 0.4) is 0 Å². The fourth-order valence-corrected chi connectivity index (χ4v) is 1.41. The third kappa shape index (κ3) is 3.10. The molecule has 0 bridgehead atoms. The van der Waals surface area contributed by atoms with Gasteiger partial charge < -0.3 is 19.7 Å². The molecule has 0 fully saturated rings. The monoisotopic (exact) mass is 258 g/mol. The number of aliphatic hydroxyl groups is 1. The third-order valence-corrected chi connectivity index (χ3v) is 2.33. The van der Waals surface area contributed by atoms with Crippen molar-refractivity contribution in [1.82, 2.24) is 0 Å². The van der Waals surface area contributed by atoms with Gasteiger partial charge in [0.25, 0.3) is 0 Å². The van der Waals surface area contributed by atoms with Gasteiger partial charge in [-0.2, -0.15) is 0 Å². The van der Waals surface area contributed by atoms with Crippen LogP contribution in [0.5, 0.6) is 11.5 Å². The van der Waals surface area contributed by atoms with Gasteiger partial charge in [-0.3, -0.25) is 0 Å². The number of carbonyl (C=O) groups excluding carboxylic acids is 1. The first-order valence-electron chi connectivity index (χ1n) is 5.37. The van der Waals surface area contributed by atoms with Crippen molar-refractivity contribution in [3.05, 3.63) is 23.8 Å². The molecule has 18 heavy (non-hydrogen) atoms.